The maximum atomic E-state index is 3.99. The minimum atomic E-state index is -0.887. The predicted octanol–water partition coefficient (Wildman–Crippen LogP) is 11.9. The van der Waals surface area contributed by atoms with Gasteiger partial charge in [-0.15, -0.1) is 6.58 Å². The van der Waals surface area contributed by atoms with Gasteiger partial charge in [0.2, 0.25) is 0 Å². The predicted molar refractivity (Wildman–Crippen MR) is 210 cm³/mol. The Morgan fingerprint density at radius 3 is 1.68 bits per heavy atom. The third-order valence-electron chi connectivity index (χ3n) is 8.91. The van der Waals surface area contributed by atoms with Crippen LogP contribution in [0.3, 0.4) is 0 Å². The monoisotopic (exact) mass is 641 g/mol. The highest BCUT2D eigenvalue weighted by Gasteiger charge is 2.16. The Morgan fingerprint density at radius 2 is 1.13 bits per heavy atom. The van der Waals surface area contributed by atoms with E-state index in [4.69, 9.17) is 0 Å². The number of benzene rings is 5. The molecule has 0 heterocycles. The first kappa shape index (κ1) is 36.0. The maximum absolute atomic E-state index is 3.99. The molecule has 2 heteroatoms. The lowest BCUT2D eigenvalue weighted by Crippen LogP contribution is -2.20. The summed E-state index contributed by atoms with van der Waals surface area (Å²) in [5.41, 5.74) is 10.8. The molecule has 0 bridgehead atoms. The molecule has 0 saturated carbocycles. The highest BCUT2D eigenvalue weighted by atomic mass is 32.3. The Kier molecular flexibility index (Phi) is 14.2. The van der Waals surface area contributed by atoms with Crippen LogP contribution in [0, 0.1) is 6.92 Å². The lowest BCUT2D eigenvalue weighted by Gasteiger charge is -2.32. The van der Waals surface area contributed by atoms with Gasteiger partial charge in [0.15, 0.2) is 0 Å². The van der Waals surface area contributed by atoms with Crippen LogP contribution in [0.5, 0.6) is 0 Å². The lowest BCUT2D eigenvalue weighted by molar-refractivity contribution is 0.539. The summed E-state index contributed by atoms with van der Waals surface area (Å²) >= 11 is 0. The van der Waals surface area contributed by atoms with Crippen LogP contribution < -0.4 is 5.32 Å². The van der Waals surface area contributed by atoms with E-state index in [1.807, 2.05) is 19.9 Å². The summed E-state index contributed by atoms with van der Waals surface area (Å²) in [4.78, 5) is 1.48. The Balaban J connectivity index is 0.00000245. The molecule has 1 N–H and O–H groups in total. The van der Waals surface area contributed by atoms with Crippen LogP contribution in [0.25, 0.3) is 11.1 Å². The van der Waals surface area contributed by atoms with Gasteiger partial charge in [0.25, 0.3) is 0 Å². The second kappa shape index (κ2) is 18.5. The van der Waals surface area contributed by atoms with E-state index in [0.29, 0.717) is 0 Å². The van der Waals surface area contributed by atoms with Gasteiger partial charge in [0, 0.05) is 12.6 Å². The third kappa shape index (κ3) is 11.1. The van der Waals surface area contributed by atoms with Crippen molar-refractivity contribution in [3.63, 3.8) is 0 Å². The average Bonchev–Trinajstić information content (AvgIpc) is 3.12. The summed E-state index contributed by atoms with van der Waals surface area (Å²) in [5, 5.41) is 3.71. The average molecular weight is 642 g/mol. The van der Waals surface area contributed by atoms with Gasteiger partial charge in [-0.3, -0.25) is 0 Å². The van der Waals surface area contributed by atoms with Crippen LogP contribution in [0.4, 0.5) is 0 Å². The van der Waals surface area contributed by atoms with E-state index in [1.165, 1.54) is 61.6 Å². The number of nitrogens with one attached hydrogen (secondary N) is 1. The van der Waals surface area contributed by atoms with Crippen LogP contribution in [0.1, 0.15) is 66.1 Å². The molecule has 0 aliphatic rings. The fourth-order valence-electron chi connectivity index (χ4n) is 5.88. The molecule has 246 valence electrons. The molecular formula is C45H55NS. The molecule has 0 radical (unpaired) electrons. The van der Waals surface area contributed by atoms with E-state index in [2.05, 4.69) is 159 Å². The van der Waals surface area contributed by atoms with Crippen molar-refractivity contribution in [1.82, 2.24) is 5.32 Å². The van der Waals surface area contributed by atoms with Crippen molar-refractivity contribution in [2.75, 3.05) is 18.3 Å². The third-order valence-corrected chi connectivity index (χ3v) is 11.7. The maximum Gasteiger partial charge on any atom is 0.0357 e. The molecule has 0 fully saturated rings. The second-order valence-corrected chi connectivity index (χ2v) is 16.7. The summed E-state index contributed by atoms with van der Waals surface area (Å²) in [6.07, 6.45) is 12.4. The van der Waals surface area contributed by atoms with Crippen molar-refractivity contribution in [2.24, 2.45) is 0 Å². The summed E-state index contributed by atoms with van der Waals surface area (Å²) in [7, 11) is -0.887. The fraction of sp³-hybridized carbons (Fsp3) is 0.289. The van der Waals surface area contributed by atoms with Crippen molar-refractivity contribution in [3.05, 3.63) is 173 Å². The lowest BCUT2D eigenvalue weighted by atomic mass is 9.99. The second-order valence-electron chi connectivity index (χ2n) is 12.7. The topological polar surface area (TPSA) is 12.0 Å². The molecule has 5 aromatic carbocycles. The van der Waals surface area contributed by atoms with Gasteiger partial charge < -0.3 is 5.32 Å². The largest absolute Gasteiger partial charge is 0.306 e. The first-order valence-electron chi connectivity index (χ1n) is 17.3. The number of hydrogen-bond acceptors (Lipinski definition) is 1. The molecular weight excluding hydrogens is 587 g/mol. The minimum absolute atomic E-state index is 0.254. The van der Waals surface area contributed by atoms with E-state index in [-0.39, 0.29) is 6.04 Å². The molecule has 1 atom stereocenters. The van der Waals surface area contributed by atoms with Gasteiger partial charge in [-0.1, -0.05) is 141 Å². The van der Waals surface area contributed by atoms with Crippen molar-refractivity contribution in [2.45, 2.75) is 70.4 Å². The zero-order valence-electron chi connectivity index (χ0n) is 29.3. The normalized spacial score (nSPS) is 12.1. The Hall–Kier alpha value is -3.85. The van der Waals surface area contributed by atoms with Gasteiger partial charge in [-0.25, -0.2) is 10.0 Å². The summed E-state index contributed by atoms with van der Waals surface area (Å²) in [5.74, 6) is 1.20. The van der Waals surface area contributed by atoms with Crippen molar-refractivity contribution < 1.29 is 0 Å². The molecule has 0 spiro atoms. The molecule has 47 heavy (non-hydrogen) atoms. The molecule has 0 aliphatic carbocycles. The quantitative estimate of drug-likeness (QED) is 0.112. The van der Waals surface area contributed by atoms with Gasteiger partial charge in [0.05, 0.1) is 0 Å². The van der Waals surface area contributed by atoms with Crippen LogP contribution in [-0.4, -0.2) is 18.3 Å². The van der Waals surface area contributed by atoms with E-state index in [0.717, 1.165) is 32.2 Å². The molecule has 1 unspecified atom stereocenters. The van der Waals surface area contributed by atoms with Gasteiger partial charge in [-0.05, 0) is 113 Å². The zero-order valence-corrected chi connectivity index (χ0v) is 30.2. The van der Waals surface area contributed by atoms with E-state index in [9.17, 15) is 0 Å². The van der Waals surface area contributed by atoms with E-state index < -0.39 is 10.0 Å². The van der Waals surface area contributed by atoms with Crippen LogP contribution >= 0.6 is 10.0 Å². The number of hydrogen-bond donors (Lipinski definition) is 1. The molecule has 0 aromatic heterocycles. The Labute approximate surface area is 287 Å². The minimum Gasteiger partial charge on any atom is -0.306 e. The van der Waals surface area contributed by atoms with Crippen molar-refractivity contribution in [3.8, 4) is 11.1 Å². The summed E-state index contributed by atoms with van der Waals surface area (Å²) in [6.45, 7) is 11.0. The Morgan fingerprint density at radius 1 is 0.617 bits per heavy atom. The standard InChI is InChI=1S/C43H49NS.C2H6/c1-5-10-43(44-33-38-11-7-6-8-12-38)41-25-23-39(24-26-41)40-27-29-42(30-28-40)45(3,4)32-31-37-21-19-36(20-22-37)14-9-13-35-17-15-34(2)16-18-35;1-2/h5-8,11-12,15-30,43-44H,1,9-10,13-14,31-33H2,2-4H3;1-2H3. The molecule has 1 nitrogen and oxygen atoms in total. The van der Waals surface area contributed by atoms with Crippen LogP contribution in [-0.2, 0) is 25.8 Å². The van der Waals surface area contributed by atoms with Gasteiger partial charge >= 0.3 is 0 Å². The van der Waals surface area contributed by atoms with Crippen LogP contribution in [0.15, 0.2) is 145 Å². The van der Waals surface area contributed by atoms with Crippen molar-refractivity contribution >= 4 is 10.0 Å². The molecule has 5 rings (SSSR count). The first-order chi connectivity index (χ1) is 22.9. The summed E-state index contributed by atoms with van der Waals surface area (Å²) < 4.78 is 0. The summed E-state index contributed by atoms with van der Waals surface area (Å²) in [6, 6.07) is 47.5. The Bertz CT molecular complexity index is 1600. The van der Waals surface area contributed by atoms with E-state index >= 15 is 0 Å². The molecule has 0 amide bonds. The van der Waals surface area contributed by atoms with Gasteiger partial charge in [0.1, 0.15) is 0 Å². The molecule has 0 saturated heterocycles. The molecule has 0 aliphatic heterocycles. The highest BCUT2D eigenvalue weighted by Crippen LogP contribution is 2.49. The molecule has 5 aromatic rings. The zero-order chi connectivity index (χ0) is 33.5. The SMILES string of the molecule is C=CCC(NCc1ccccc1)c1ccc(-c2ccc(S(C)(C)CCc3ccc(CCCc4ccc(C)cc4)cc3)cc2)cc1.CC. The first-order valence-corrected chi connectivity index (χ1v) is 19.9. The fourth-order valence-corrected chi connectivity index (χ4v) is 7.73. The highest BCUT2D eigenvalue weighted by molar-refractivity contribution is 8.32. The van der Waals surface area contributed by atoms with Crippen LogP contribution in [0.2, 0.25) is 0 Å². The van der Waals surface area contributed by atoms with E-state index in [1.54, 1.807) is 0 Å². The van der Waals surface area contributed by atoms with Gasteiger partial charge in [-0.2, -0.15) is 0 Å². The number of rotatable bonds is 15. The smallest absolute Gasteiger partial charge is 0.0357 e. The number of aryl methyl sites for hydroxylation is 4. The van der Waals surface area contributed by atoms with Crippen molar-refractivity contribution in [1.29, 1.82) is 0 Å².